The van der Waals surface area contributed by atoms with Crippen molar-refractivity contribution < 1.29 is 13.2 Å². The van der Waals surface area contributed by atoms with Crippen molar-refractivity contribution in [2.45, 2.75) is 38.0 Å². The van der Waals surface area contributed by atoms with E-state index in [4.69, 9.17) is 4.74 Å². The zero-order valence-electron chi connectivity index (χ0n) is 14.7. The molecule has 0 unspecified atom stereocenters. The molecule has 6 nitrogen and oxygen atoms in total. The first-order valence-electron chi connectivity index (χ1n) is 8.08. The average Bonchev–Trinajstić information content (AvgIpc) is 2.99. The maximum Gasteiger partial charge on any atom is 0.284 e. The monoisotopic (exact) mass is 359 g/mol. The first-order chi connectivity index (χ1) is 11.7. The Labute approximate surface area is 147 Å². The van der Waals surface area contributed by atoms with E-state index in [-0.39, 0.29) is 10.3 Å². The molecule has 0 bridgehead atoms. The van der Waals surface area contributed by atoms with Gasteiger partial charge >= 0.3 is 0 Å². The Morgan fingerprint density at radius 2 is 1.84 bits per heavy atom. The topological polar surface area (TPSA) is 74.1 Å². The third-order valence-electron chi connectivity index (χ3n) is 3.91. The number of benzene rings is 2. The lowest BCUT2D eigenvalue weighted by atomic mass is 9.86. The number of fused-ring (bicyclic) bond motifs is 1. The predicted octanol–water partition coefficient (Wildman–Crippen LogP) is 3.36. The van der Waals surface area contributed by atoms with Gasteiger partial charge in [0.2, 0.25) is 0 Å². The molecule has 0 saturated carbocycles. The van der Waals surface area contributed by atoms with E-state index in [1.165, 1.54) is 0 Å². The summed E-state index contributed by atoms with van der Waals surface area (Å²) in [5, 5.41) is 7.78. The highest BCUT2D eigenvalue weighted by molar-refractivity contribution is 7.90. The van der Waals surface area contributed by atoms with Crippen molar-refractivity contribution in [2.24, 2.45) is 0 Å². The van der Waals surface area contributed by atoms with Crippen molar-refractivity contribution >= 4 is 21.1 Å². The van der Waals surface area contributed by atoms with Crippen LogP contribution in [0.25, 0.3) is 11.0 Å². The Kier molecular flexibility index (Phi) is 4.28. The van der Waals surface area contributed by atoms with Gasteiger partial charge in [0.15, 0.2) is 0 Å². The molecule has 1 aromatic heterocycles. The minimum Gasteiger partial charge on any atom is -0.494 e. The second-order valence-corrected chi connectivity index (χ2v) is 8.53. The smallest absolute Gasteiger partial charge is 0.284 e. The summed E-state index contributed by atoms with van der Waals surface area (Å²) in [5.41, 5.74) is 1.56. The van der Waals surface area contributed by atoms with Gasteiger partial charge < -0.3 is 4.74 Å². The van der Waals surface area contributed by atoms with Gasteiger partial charge in [-0.1, -0.05) is 38.1 Å². The van der Waals surface area contributed by atoms with Crippen LogP contribution < -0.4 is 4.74 Å². The zero-order valence-corrected chi connectivity index (χ0v) is 15.5. The van der Waals surface area contributed by atoms with Crippen molar-refractivity contribution in [1.29, 1.82) is 0 Å². The summed E-state index contributed by atoms with van der Waals surface area (Å²) in [6.07, 6.45) is 0. The minimum atomic E-state index is -3.85. The van der Waals surface area contributed by atoms with Crippen LogP contribution >= 0.6 is 0 Å². The van der Waals surface area contributed by atoms with Crippen molar-refractivity contribution in [3.05, 3.63) is 48.0 Å². The first kappa shape index (κ1) is 17.4. The maximum absolute atomic E-state index is 13.1. The summed E-state index contributed by atoms with van der Waals surface area (Å²) in [6.45, 7) is 8.48. The van der Waals surface area contributed by atoms with Crippen molar-refractivity contribution in [3.8, 4) is 5.75 Å². The van der Waals surface area contributed by atoms with E-state index < -0.39 is 10.0 Å². The summed E-state index contributed by atoms with van der Waals surface area (Å²) < 4.78 is 32.8. The van der Waals surface area contributed by atoms with Gasteiger partial charge in [-0.2, -0.15) is 8.42 Å². The Hall–Kier alpha value is -2.41. The molecule has 132 valence electrons. The second kappa shape index (κ2) is 6.15. The second-order valence-electron chi connectivity index (χ2n) is 6.77. The zero-order chi connectivity index (χ0) is 18.2. The number of ether oxygens (including phenoxy) is 1. The van der Waals surface area contributed by atoms with Gasteiger partial charge in [-0.15, -0.1) is 9.19 Å². The van der Waals surface area contributed by atoms with Crippen LogP contribution in [0.15, 0.2) is 47.4 Å². The molecule has 0 atom stereocenters. The lowest BCUT2D eigenvalue weighted by molar-refractivity contribution is 0.329. The quantitative estimate of drug-likeness (QED) is 0.714. The SMILES string of the molecule is CCOc1ccc(S(=O)(=O)n2nnc3ccccc32)cc1C(C)(C)C. The van der Waals surface area contributed by atoms with Gasteiger partial charge in [0.1, 0.15) is 16.8 Å². The molecule has 0 N–H and O–H groups in total. The molecule has 7 heteroatoms. The fraction of sp³-hybridized carbons (Fsp3) is 0.333. The van der Waals surface area contributed by atoms with Crippen LogP contribution in [0.1, 0.15) is 33.3 Å². The lowest BCUT2D eigenvalue weighted by Crippen LogP contribution is -2.18. The van der Waals surface area contributed by atoms with E-state index in [0.29, 0.717) is 23.4 Å². The molecule has 3 aromatic rings. The van der Waals surface area contributed by atoms with Crippen LogP contribution in [-0.2, 0) is 15.4 Å². The molecular formula is C18H21N3O3S. The highest BCUT2D eigenvalue weighted by Crippen LogP contribution is 2.34. The van der Waals surface area contributed by atoms with E-state index in [0.717, 1.165) is 9.65 Å². The van der Waals surface area contributed by atoms with Crippen LogP contribution in [0.5, 0.6) is 5.75 Å². The number of hydrogen-bond donors (Lipinski definition) is 0. The fourth-order valence-electron chi connectivity index (χ4n) is 2.66. The molecule has 3 rings (SSSR count). The van der Waals surface area contributed by atoms with Gasteiger partial charge in [0.05, 0.1) is 11.5 Å². The molecule has 0 saturated heterocycles. The van der Waals surface area contributed by atoms with Gasteiger partial charge in [0.25, 0.3) is 10.0 Å². The molecule has 0 aliphatic carbocycles. The molecule has 0 fully saturated rings. The molecule has 0 radical (unpaired) electrons. The predicted molar refractivity (Wildman–Crippen MR) is 96.4 cm³/mol. The third kappa shape index (κ3) is 3.11. The molecule has 0 aliphatic rings. The molecule has 2 aromatic carbocycles. The van der Waals surface area contributed by atoms with E-state index in [2.05, 4.69) is 10.3 Å². The van der Waals surface area contributed by atoms with E-state index >= 15 is 0 Å². The normalized spacial score (nSPS) is 12.5. The summed E-state index contributed by atoms with van der Waals surface area (Å²) in [4.78, 5) is 0.163. The average molecular weight is 359 g/mol. The highest BCUT2D eigenvalue weighted by Gasteiger charge is 2.26. The van der Waals surface area contributed by atoms with Crippen molar-refractivity contribution in [3.63, 3.8) is 0 Å². The van der Waals surface area contributed by atoms with Crippen molar-refractivity contribution in [1.82, 2.24) is 14.4 Å². The van der Waals surface area contributed by atoms with E-state index in [1.54, 1.807) is 42.5 Å². The molecule has 1 heterocycles. The summed E-state index contributed by atoms with van der Waals surface area (Å²) in [5.74, 6) is 0.692. The molecular weight excluding hydrogens is 338 g/mol. The maximum atomic E-state index is 13.1. The van der Waals surface area contributed by atoms with Gasteiger partial charge in [-0.25, -0.2) is 0 Å². The Bertz CT molecular complexity index is 1020. The Morgan fingerprint density at radius 3 is 2.52 bits per heavy atom. The molecule has 0 aliphatic heterocycles. The first-order valence-corrected chi connectivity index (χ1v) is 9.52. The van der Waals surface area contributed by atoms with Crippen molar-refractivity contribution in [2.75, 3.05) is 6.61 Å². The summed E-state index contributed by atoms with van der Waals surface area (Å²) >= 11 is 0. The number of aromatic nitrogens is 3. The lowest BCUT2D eigenvalue weighted by Gasteiger charge is -2.23. The minimum absolute atomic E-state index is 0.163. The summed E-state index contributed by atoms with van der Waals surface area (Å²) in [7, 11) is -3.85. The number of hydrogen-bond acceptors (Lipinski definition) is 5. The largest absolute Gasteiger partial charge is 0.494 e. The van der Waals surface area contributed by atoms with Crippen LogP contribution in [0, 0.1) is 0 Å². The van der Waals surface area contributed by atoms with Crippen LogP contribution in [0.2, 0.25) is 0 Å². The van der Waals surface area contributed by atoms with E-state index in [1.807, 2.05) is 27.7 Å². The molecule has 25 heavy (non-hydrogen) atoms. The third-order valence-corrected chi connectivity index (χ3v) is 5.48. The van der Waals surface area contributed by atoms with Crippen LogP contribution in [-0.4, -0.2) is 29.4 Å². The summed E-state index contributed by atoms with van der Waals surface area (Å²) in [6, 6.07) is 11.9. The van der Waals surface area contributed by atoms with Crippen LogP contribution in [0.3, 0.4) is 0 Å². The molecule has 0 amide bonds. The fourth-order valence-corrected chi connectivity index (χ4v) is 3.91. The van der Waals surface area contributed by atoms with Crippen LogP contribution in [0.4, 0.5) is 0 Å². The number of para-hydroxylation sites is 1. The number of nitrogens with zero attached hydrogens (tertiary/aromatic N) is 3. The van der Waals surface area contributed by atoms with E-state index in [9.17, 15) is 8.42 Å². The van der Waals surface area contributed by atoms with Gasteiger partial charge in [-0.3, -0.25) is 0 Å². The Balaban J connectivity index is 2.18. The van der Waals surface area contributed by atoms with Gasteiger partial charge in [0, 0.05) is 5.56 Å². The standard InChI is InChI=1S/C18H21N3O3S/c1-5-24-17-11-10-13(12-14(17)18(2,3)4)25(22,23)21-16-9-7-6-8-15(16)19-20-21/h6-12H,5H2,1-4H3. The Morgan fingerprint density at radius 1 is 1.12 bits per heavy atom. The number of rotatable bonds is 4. The van der Waals surface area contributed by atoms with Gasteiger partial charge in [-0.05, 0) is 42.7 Å². The highest BCUT2D eigenvalue weighted by atomic mass is 32.2. The molecule has 0 spiro atoms.